The molecule has 1 aliphatic carbocycles. The quantitative estimate of drug-likeness (QED) is 0.0988. The Morgan fingerprint density at radius 1 is 0.644 bits per heavy atom. The van der Waals surface area contributed by atoms with Crippen molar-refractivity contribution in [2.45, 2.75) is 175 Å². The Hall–Kier alpha value is -3.90. The molecule has 0 unspecified atom stereocenters. The maximum Gasteiger partial charge on any atom is 0.519 e. The van der Waals surface area contributed by atoms with Gasteiger partial charge in [-0.3, -0.25) is 0 Å². The summed E-state index contributed by atoms with van der Waals surface area (Å²) < 4.78 is 36.1. The molecule has 2 saturated heterocycles. The number of rotatable bonds is 4. The summed E-state index contributed by atoms with van der Waals surface area (Å²) >= 11 is 0. The Morgan fingerprint density at radius 2 is 0.949 bits per heavy atom. The molecule has 19 nitrogen and oxygen atoms in total. The number of halogens is 1. The van der Waals surface area contributed by atoms with Crippen LogP contribution in [0.3, 0.4) is 0 Å². The van der Waals surface area contributed by atoms with Crippen LogP contribution in [-0.2, 0) is 37.7 Å². The second-order valence-corrected chi connectivity index (χ2v) is 23.0. The molecule has 21 heteroatoms. The molecule has 0 aromatic carbocycles. The van der Waals surface area contributed by atoms with Gasteiger partial charge in [0.15, 0.2) is 25.1 Å². The molecule has 0 aromatic rings. The molecule has 0 bridgehead atoms. The molecule has 2 aliphatic heterocycles. The van der Waals surface area contributed by atoms with E-state index in [1.807, 2.05) is 40.4 Å². The third-order valence-corrected chi connectivity index (χ3v) is 7.73. The van der Waals surface area contributed by atoms with Crippen LogP contribution < -0.4 is 0 Å². The van der Waals surface area contributed by atoms with Crippen LogP contribution in [0.1, 0.15) is 118 Å². The Kier molecular flexibility index (Phi) is 21.9. The van der Waals surface area contributed by atoms with Gasteiger partial charge >= 0.3 is 36.4 Å². The van der Waals surface area contributed by atoms with Crippen LogP contribution in [0.4, 0.5) is 19.2 Å². The zero-order valence-electron chi connectivity index (χ0n) is 38.6. The molecule has 0 atom stereocenters. The van der Waals surface area contributed by atoms with E-state index in [1.165, 1.54) is 4.90 Å². The molecule has 59 heavy (non-hydrogen) atoms. The Balaban J connectivity index is -0.000000719. The topological polar surface area (TPSA) is 269 Å². The third-order valence-electron chi connectivity index (χ3n) is 6.73. The van der Waals surface area contributed by atoms with Gasteiger partial charge in [-0.2, -0.15) is 5.26 Å². The number of nitriles is 1. The lowest BCUT2D eigenvalue weighted by molar-refractivity contribution is -0.175. The van der Waals surface area contributed by atoms with E-state index in [2.05, 4.69) is 10.8 Å². The van der Waals surface area contributed by atoms with Crippen LogP contribution in [0.15, 0.2) is 0 Å². The number of hydrogen-bond donors (Lipinski definition) is 4. The molecule has 2 amide bonds. The highest BCUT2D eigenvalue weighted by Crippen LogP contribution is 2.31. The van der Waals surface area contributed by atoms with Crippen molar-refractivity contribution in [3.63, 3.8) is 0 Å². The second kappa shape index (κ2) is 22.6. The molecule has 4 N–H and O–H groups in total. The van der Waals surface area contributed by atoms with Crippen LogP contribution in [0.25, 0.3) is 0 Å². The van der Waals surface area contributed by atoms with E-state index in [0.717, 1.165) is 11.3 Å². The number of carboxylic acids is 2. The summed E-state index contributed by atoms with van der Waals surface area (Å²) in [5, 5.41) is 44.3. The highest BCUT2D eigenvalue weighted by molar-refractivity contribution is 6.69. The third kappa shape index (κ3) is 24.7. The molecule has 0 radical (unpaired) electrons. The van der Waals surface area contributed by atoms with Gasteiger partial charge in [0.05, 0.1) is 26.2 Å². The largest absolute Gasteiger partial charge is 0.519 e. The van der Waals surface area contributed by atoms with Crippen molar-refractivity contribution in [1.82, 2.24) is 9.80 Å². The number of carbonyl (C=O) groups is 6. The minimum absolute atomic E-state index is 0. The van der Waals surface area contributed by atoms with E-state index in [-0.39, 0.29) is 31.6 Å². The number of carbonyl (C=O) groups excluding carboxylic acids is 4. The minimum atomic E-state index is -1.81. The van der Waals surface area contributed by atoms with E-state index in [1.54, 1.807) is 69.2 Å². The fraction of sp³-hybridized carbons (Fsp3) is 0.816. The first-order valence-electron chi connectivity index (χ1n) is 19.3. The zero-order chi connectivity index (χ0) is 47.2. The maximum atomic E-state index is 11.8. The van der Waals surface area contributed by atoms with Crippen molar-refractivity contribution in [2.24, 2.45) is 0 Å². The number of hydrogen-bond acceptors (Lipinski definition) is 15. The number of amides is 2. The van der Waals surface area contributed by atoms with Gasteiger partial charge in [-0.1, -0.05) is 13.8 Å². The smallest absolute Gasteiger partial charge is 0.479 e. The molecule has 2 heterocycles. The summed E-state index contributed by atoms with van der Waals surface area (Å²) in [5.74, 6) is -2.40. The maximum absolute atomic E-state index is 11.8. The van der Waals surface area contributed by atoms with Crippen LogP contribution in [-0.4, -0.2) is 140 Å². The van der Waals surface area contributed by atoms with Gasteiger partial charge in [0, 0.05) is 1.37 Å². The molecule has 0 aromatic heterocycles. The highest BCUT2D eigenvalue weighted by Gasteiger charge is 2.52. The fourth-order valence-electron chi connectivity index (χ4n) is 4.28. The number of carboxylic acid groups (broad SMARTS) is 2. The van der Waals surface area contributed by atoms with Crippen LogP contribution in [0.2, 0.25) is 19.6 Å². The first-order valence-corrected chi connectivity index (χ1v) is 22.0. The van der Waals surface area contributed by atoms with Crippen molar-refractivity contribution < 1.29 is 78.7 Å². The molecule has 0 spiro atoms. The summed E-state index contributed by atoms with van der Waals surface area (Å²) in [5.41, 5.74) is -6.52. The predicted molar refractivity (Wildman–Crippen MR) is 220 cm³/mol. The number of aliphatic hydroxyl groups is 2. The first kappa shape index (κ1) is 57.2. The Morgan fingerprint density at radius 3 is 1.15 bits per heavy atom. The van der Waals surface area contributed by atoms with Crippen LogP contribution in [0, 0.1) is 11.3 Å². The average molecular weight is 890 g/mol. The van der Waals surface area contributed by atoms with E-state index in [0.29, 0.717) is 32.8 Å². The lowest BCUT2D eigenvalue weighted by Crippen LogP contribution is -2.67. The lowest BCUT2D eigenvalue weighted by Gasteiger charge is -2.47. The number of β-amino-alcohol motifs (C(OH)–C–C–N with tert-alkyl or cyclic N) is 1. The van der Waals surface area contributed by atoms with Crippen molar-refractivity contribution in [2.75, 3.05) is 26.2 Å². The van der Waals surface area contributed by atoms with E-state index in [9.17, 15) is 39.1 Å². The summed E-state index contributed by atoms with van der Waals surface area (Å²) in [6, 6.07) is 2.18. The molecule has 1 saturated carbocycles. The van der Waals surface area contributed by atoms with Crippen molar-refractivity contribution in [3.8, 4) is 6.07 Å². The lowest BCUT2D eigenvalue weighted by atomic mass is 9.81. The molecule has 344 valence electrons. The van der Waals surface area contributed by atoms with Crippen molar-refractivity contribution in [1.29, 1.82) is 5.26 Å². The highest BCUT2D eigenvalue weighted by atomic mass is 35.5. The number of nitrogens with zero attached hydrogens (tertiary/aromatic N) is 3. The van der Waals surface area contributed by atoms with E-state index in [4.69, 9.17) is 40.1 Å². The standard InChI is InChI=1S/C12H22N2O3Si.C10H18O5.C9H15NO5.C5H8O3.C2H6.ClH/c1-11(2,3)16-10(15)14-8-12(7-13,9-14)17-18(4,5)6;1-9(2,3)14-7(11)13-8(12)15-10(4,5)6;1-8(2,3)15-7(13)10-4-9(14,5-10)6(11)12;6-4(7)5(8)2-1-3-5;1-2;/h8-9H2,1-6H3;1-6H3;14H,4-5H2,1-3H3,(H,11,12);8H,1-3H2,(H,6,7);1-2H3;1H/i;;;;1D;. The monoisotopic (exact) mass is 888 g/mol. The van der Waals surface area contributed by atoms with Crippen molar-refractivity contribution in [3.05, 3.63) is 0 Å². The molecule has 3 aliphatic rings. The Bertz CT molecular complexity index is 1450. The normalized spacial score (nSPS) is 17.3. The molecular formula is C38H70ClN3O16Si. The van der Waals surface area contributed by atoms with Gasteiger partial charge in [0.25, 0.3) is 0 Å². The predicted octanol–water partition coefficient (Wildman–Crippen LogP) is 6.71. The molecular weight excluding hydrogens is 818 g/mol. The summed E-state index contributed by atoms with van der Waals surface area (Å²) in [7, 11) is -1.80. The molecule has 3 rings (SSSR count). The van der Waals surface area contributed by atoms with Gasteiger partial charge in [0.1, 0.15) is 28.5 Å². The second-order valence-electron chi connectivity index (χ2n) is 18.6. The van der Waals surface area contributed by atoms with Gasteiger partial charge in [-0.25, -0.2) is 28.8 Å². The average Bonchev–Trinajstić information content (AvgIpc) is 2.92. The van der Waals surface area contributed by atoms with Crippen molar-refractivity contribution >= 4 is 57.2 Å². The number of likely N-dealkylation sites (tertiary alicyclic amines) is 2. The van der Waals surface area contributed by atoms with E-state index < -0.39 is 77.9 Å². The van der Waals surface area contributed by atoms with Gasteiger partial charge in [-0.05, 0) is 122 Å². The minimum Gasteiger partial charge on any atom is -0.479 e. The summed E-state index contributed by atoms with van der Waals surface area (Å²) in [6.07, 6.45) is -1.43. The summed E-state index contributed by atoms with van der Waals surface area (Å²) in [4.78, 5) is 68.4. The Labute approximate surface area is 357 Å². The molecule has 3 fully saturated rings. The first-order chi connectivity index (χ1) is 26.2. The summed E-state index contributed by atoms with van der Waals surface area (Å²) in [6.45, 7) is 29.2. The fourth-order valence-corrected chi connectivity index (χ4v) is 5.63. The van der Waals surface area contributed by atoms with Gasteiger partial charge in [-0.15, -0.1) is 12.4 Å². The van der Waals surface area contributed by atoms with Gasteiger partial charge in [0.2, 0.25) is 0 Å². The number of ether oxygens (including phenoxy) is 5. The van der Waals surface area contributed by atoms with Crippen LogP contribution >= 0.6 is 12.4 Å². The zero-order valence-corrected chi connectivity index (χ0v) is 39.4. The van der Waals surface area contributed by atoms with E-state index >= 15 is 0 Å². The van der Waals surface area contributed by atoms with Gasteiger partial charge < -0.3 is 58.3 Å². The SMILES string of the molecule is CC(C)(C)OC(=O)N1CC(C#N)(O[Si](C)(C)C)C1.CC(C)(C)OC(=O)N1CC(O)(C(=O)O)C1.CC(C)(C)OC(=O)OC(=O)OC(C)(C)C.Cl.O=C(O)C1(O)CCC1.[2H]CC. The number of aliphatic carboxylic acids is 2. The van der Waals surface area contributed by atoms with Crippen LogP contribution in [0.5, 0.6) is 0 Å².